The first-order valence-electron chi connectivity index (χ1n) is 13.2. The van der Waals surface area contributed by atoms with E-state index in [1.54, 1.807) is 32.2 Å². The third kappa shape index (κ3) is 7.56. The standard InChI is InChI=1S/C28H38F3NO6S/c1-14(8-19-13-39-23(12-33)32-19)21-7-6-18(28(29,30)31)9-17-10-20(17)15(2)25(36)16(3)26(37)27(4,5)22(34)11-24(35)38-21/h6,8,13,15-17,20-22,25,33-34,36H,7,9-12H2,1-5H3/b14-8+,18-6+/t15-,16+,17-,20+,21-,22-,25-/m0/s1. The molecule has 2 aliphatic rings. The summed E-state index contributed by atoms with van der Waals surface area (Å²) in [4.78, 5) is 30.4. The topological polar surface area (TPSA) is 117 Å². The molecule has 218 valence electrons. The Morgan fingerprint density at radius 1 is 1.23 bits per heavy atom. The number of Topliss-reactive ketones (excluding diaryl/α,β-unsaturated/α-hetero) is 1. The third-order valence-corrected chi connectivity index (χ3v) is 9.08. The van der Waals surface area contributed by atoms with Gasteiger partial charge in [-0.2, -0.15) is 13.2 Å². The number of esters is 1. The molecule has 1 aromatic heterocycles. The van der Waals surface area contributed by atoms with E-state index in [9.17, 15) is 38.1 Å². The molecule has 0 spiro atoms. The summed E-state index contributed by atoms with van der Waals surface area (Å²) in [5, 5.41) is 33.2. The van der Waals surface area contributed by atoms with Crippen molar-refractivity contribution in [1.29, 1.82) is 0 Å². The zero-order valence-corrected chi connectivity index (χ0v) is 23.7. The van der Waals surface area contributed by atoms with Crippen molar-refractivity contribution in [2.45, 2.75) is 91.4 Å². The summed E-state index contributed by atoms with van der Waals surface area (Å²) in [6.45, 7) is 7.66. The molecule has 1 aromatic rings. The van der Waals surface area contributed by atoms with Gasteiger partial charge < -0.3 is 20.1 Å². The molecule has 7 atom stereocenters. The number of nitrogens with zero attached hydrogens (tertiary/aromatic N) is 1. The van der Waals surface area contributed by atoms with Crippen LogP contribution in [0.15, 0.2) is 22.6 Å². The fourth-order valence-corrected chi connectivity index (χ4v) is 5.96. The van der Waals surface area contributed by atoms with Crippen molar-refractivity contribution >= 4 is 29.2 Å². The maximum absolute atomic E-state index is 14.0. The van der Waals surface area contributed by atoms with Crippen LogP contribution in [0.2, 0.25) is 0 Å². The van der Waals surface area contributed by atoms with Gasteiger partial charge in [-0.15, -0.1) is 11.3 Å². The second-order valence-electron chi connectivity index (χ2n) is 11.5. The van der Waals surface area contributed by atoms with E-state index in [0.717, 1.165) is 6.08 Å². The highest BCUT2D eigenvalue weighted by atomic mass is 32.1. The predicted octanol–water partition coefficient (Wildman–Crippen LogP) is 4.85. The average molecular weight is 574 g/mol. The van der Waals surface area contributed by atoms with E-state index >= 15 is 0 Å². The summed E-state index contributed by atoms with van der Waals surface area (Å²) in [5.74, 6) is -3.05. The first-order chi connectivity index (χ1) is 18.1. The fourth-order valence-electron chi connectivity index (χ4n) is 5.35. The van der Waals surface area contributed by atoms with Crippen molar-refractivity contribution in [2.75, 3.05) is 0 Å². The van der Waals surface area contributed by atoms with Crippen LogP contribution in [0.1, 0.15) is 71.0 Å². The number of ketones is 1. The summed E-state index contributed by atoms with van der Waals surface area (Å²) < 4.78 is 47.5. The maximum atomic E-state index is 14.0. The molecule has 0 saturated heterocycles. The number of aliphatic hydroxyl groups is 3. The summed E-state index contributed by atoms with van der Waals surface area (Å²) in [6, 6.07) is 0. The lowest BCUT2D eigenvalue weighted by Gasteiger charge is -2.34. The lowest BCUT2D eigenvalue weighted by atomic mass is 9.72. The zero-order chi connectivity index (χ0) is 29.3. The molecule has 39 heavy (non-hydrogen) atoms. The van der Waals surface area contributed by atoms with Gasteiger partial charge in [0.2, 0.25) is 0 Å². The van der Waals surface area contributed by atoms with Crippen LogP contribution in [0.5, 0.6) is 0 Å². The number of carbonyl (C=O) groups excluding carboxylic acids is 2. The Morgan fingerprint density at radius 3 is 2.49 bits per heavy atom. The number of cyclic esters (lactones) is 1. The molecular formula is C28H38F3NO6S. The molecule has 3 N–H and O–H groups in total. The van der Waals surface area contributed by atoms with Crippen LogP contribution in [0, 0.1) is 29.1 Å². The Kier molecular flexibility index (Phi) is 9.84. The molecule has 0 radical (unpaired) electrons. The van der Waals surface area contributed by atoms with E-state index in [0.29, 0.717) is 22.7 Å². The number of halogens is 3. The van der Waals surface area contributed by atoms with E-state index < -0.39 is 65.5 Å². The van der Waals surface area contributed by atoms with Gasteiger partial charge in [0.05, 0.1) is 36.3 Å². The zero-order valence-electron chi connectivity index (χ0n) is 22.9. The van der Waals surface area contributed by atoms with E-state index in [2.05, 4.69) is 4.98 Å². The average Bonchev–Trinajstić information content (AvgIpc) is 3.49. The number of allylic oxidation sites excluding steroid dienone is 1. The number of rotatable bonds is 3. The van der Waals surface area contributed by atoms with E-state index in [1.165, 1.54) is 25.2 Å². The van der Waals surface area contributed by atoms with Crippen LogP contribution < -0.4 is 0 Å². The maximum Gasteiger partial charge on any atom is 0.412 e. The minimum atomic E-state index is -4.58. The van der Waals surface area contributed by atoms with Crippen LogP contribution >= 0.6 is 11.3 Å². The van der Waals surface area contributed by atoms with Crippen LogP contribution in [0.4, 0.5) is 13.2 Å². The number of hydrogen-bond donors (Lipinski definition) is 3. The quantitative estimate of drug-likeness (QED) is 0.350. The van der Waals surface area contributed by atoms with E-state index in [1.807, 2.05) is 0 Å². The van der Waals surface area contributed by atoms with Crippen molar-refractivity contribution in [3.05, 3.63) is 33.3 Å². The molecule has 2 heterocycles. The van der Waals surface area contributed by atoms with Gasteiger partial charge in [-0.3, -0.25) is 9.59 Å². The van der Waals surface area contributed by atoms with Crippen molar-refractivity contribution in [2.24, 2.45) is 29.1 Å². The number of carbonyl (C=O) groups is 2. The number of alkyl halides is 3. The van der Waals surface area contributed by atoms with Gasteiger partial charge in [-0.25, -0.2) is 4.98 Å². The first kappa shape index (κ1) is 31.4. The molecule has 0 unspecified atom stereocenters. The molecule has 1 aliphatic heterocycles. The van der Waals surface area contributed by atoms with Gasteiger partial charge in [-0.1, -0.05) is 33.8 Å². The summed E-state index contributed by atoms with van der Waals surface area (Å²) in [5.41, 5.74) is -1.18. The summed E-state index contributed by atoms with van der Waals surface area (Å²) in [6.07, 6.45) is -6.04. The fraction of sp³-hybridized carbons (Fsp3) is 0.679. The molecule has 1 aliphatic carbocycles. The summed E-state index contributed by atoms with van der Waals surface area (Å²) in [7, 11) is 0. The minimum Gasteiger partial charge on any atom is -0.457 e. The second kappa shape index (κ2) is 12.2. The number of ether oxygens (including phenoxy) is 1. The number of hydrogen-bond acceptors (Lipinski definition) is 8. The van der Waals surface area contributed by atoms with Gasteiger partial charge in [0.15, 0.2) is 0 Å². The van der Waals surface area contributed by atoms with E-state index in [-0.39, 0.29) is 31.3 Å². The predicted molar refractivity (Wildman–Crippen MR) is 140 cm³/mol. The smallest absolute Gasteiger partial charge is 0.412 e. The Labute approximate surface area is 230 Å². The number of aliphatic hydroxyl groups excluding tert-OH is 3. The molecule has 0 bridgehead atoms. The number of aromatic nitrogens is 1. The molecule has 11 heteroatoms. The SMILES string of the molecule is C/C(=C\c1csc(CO)n1)[C@@H]1C/C=C(/C(F)(F)F)C[C@H]2C[C@@H]2[C@H](C)[C@H](O)[C@@H](C)C(=O)C(C)(C)[C@@H](O)CC(=O)O1. The lowest BCUT2D eigenvalue weighted by molar-refractivity contribution is -0.154. The second-order valence-corrected chi connectivity index (χ2v) is 12.4. The Morgan fingerprint density at radius 2 is 1.90 bits per heavy atom. The van der Waals surface area contributed by atoms with Crippen LogP contribution in [0.3, 0.4) is 0 Å². The third-order valence-electron chi connectivity index (χ3n) is 8.23. The Balaban J connectivity index is 1.98. The van der Waals surface area contributed by atoms with Gasteiger partial charge >= 0.3 is 12.1 Å². The van der Waals surface area contributed by atoms with Crippen molar-refractivity contribution in [3.8, 4) is 0 Å². The van der Waals surface area contributed by atoms with Gasteiger partial charge in [-0.05, 0) is 49.2 Å². The van der Waals surface area contributed by atoms with E-state index in [4.69, 9.17) is 4.74 Å². The van der Waals surface area contributed by atoms with Crippen LogP contribution in [-0.4, -0.2) is 56.5 Å². The van der Waals surface area contributed by atoms with Crippen molar-refractivity contribution < 1.29 is 42.8 Å². The first-order valence-corrected chi connectivity index (χ1v) is 14.0. The highest BCUT2D eigenvalue weighted by Gasteiger charge is 2.49. The molecule has 7 nitrogen and oxygen atoms in total. The highest BCUT2D eigenvalue weighted by Crippen LogP contribution is 2.51. The number of fused-ring (bicyclic) bond motifs is 1. The van der Waals surface area contributed by atoms with Crippen molar-refractivity contribution in [1.82, 2.24) is 4.98 Å². The molecular weight excluding hydrogens is 535 g/mol. The van der Waals surface area contributed by atoms with Gasteiger partial charge in [0.25, 0.3) is 0 Å². The van der Waals surface area contributed by atoms with Crippen LogP contribution in [0.25, 0.3) is 6.08 Å². The molecule has 1 fully saturated rings. The van der Waals surface area contributed by atoms with Crippen LogP contribution in [-0.2, 0) is 20.9 Å². The largest absolute Gasteiger partial charge is 0.457 e. The molecule has 1 saturated carbocycles. The molecule has 3 rings (SSSR count). The Hall–Kier alpha value is -2.08. The van der Waals surface area contributed by atoms with Gasteiger partial charge in [0.1, 0.15) is 16.9 Å². The number of thiazole rings is 1. The normalized spacial score (nSPS) is 34.6. The lowest BCUT2D eigenvalue weighted by Crippen LogP contribution is -2.46. The monoisotopic (exact) mass is 573 g/mol. The summed E-state index contributed by atoms with van der Waals surface area (Å²) >= 11 is 1.22. The van der Waals surface area contributed by atoms with Crippen molar-refractivity contribution in [3.63, 3.8) is 0 Å². The Bertz CT molecular complexity index is 1110. The minimum absolute atomic E-state index is 0.164. The van der Waals surface area contributed by atoms with Gasteiger partial charge in [0, 0.05) is 23.3 Å². The molecule has 0 aromatic carbocycles. The molecule has 0 amide bonds. The highest BCUT2D eigenvalue weighted by molar-refractivity contribution is 7.09.